The number of aliphatic hydroxyl groups is 1. The second kappa shape index (κ2) is 11.4. The Balaban J connectivity index is 2.39. The molecule has 1 aliphatic rings. The molecule has 0 aliphatic carbocycles. The van der Waals surface area contributed by atoms with E-state index in [0.29, 0.717) is 37.9 Å². The Morgan fingerprint density at radius 1 is 1.12 bits per heavy atom. The molecule has 0 amide bonds. The van der Waals surface area contributed by atoms with E-state index in [-0.39, 0.29) is 12.6 Å². The van der Waals surface area contributed by atoms with Gasteiger partial charge in [-0.05, 0) is 58.4 Å². The minimum atomic E-state index is -0.886. The topological polar surface area (TPSA) is 83.8 Å². The zero-order valence-corrected chi connectivity index (χ0v) is 15.1. The van der Waals surface area contributed by atoms with Crippen LogP contribution in [0.3, 0.4) is 0 Å². The number of rotatable bonds is 11. The molecule has 138 valence electrons. The Morgan fingerprint density at radius 3 is 2.40 bits per heavy atom. The zero-order chi connectivity index (χ0) is 18.7. The number of aliphatic hydroxyl groups excluding tert-OH is 1. The molecule has 0 saturated heterocycles. The van der Waals surface area contributed by atoms with Crippen molar-refractivity contribution in [3.8, 4) is 0 Å². The number of hydrogen-bond donors (Lipinski definition) is 2. The maximum absolute atomic E-state index is 11.3. The third-order valence-corrected chi connectivity index (χ3v) is 4.07. The highest BCUT2D eigenvalue weighted by Crippen LogP contribution is 2.16. The lowest BCUT2D eigenvalue weighted by Crippen LogP contribution is -2.00. The molecule has 25 heavy (non-hydrogen) atoms. The fourth-order valence-corrected chi connectivity index (χ4v) is 2.48. The molecule has 0 aromatic rings. The van der Waals surface area contributed by atoms with Crippen LogP contribution in [0.2, 0.25) is 0 Å². The number of cyclic esters (lactones) is 1. The van der Waals surface area contributed by atoms with Gasteiger partial charge < -0.3 is 14.9 Å². The van der Waals surface area contributed by atoms with Gasteiger partial charge in [0.15, 0.2) is 0 Å². The minimum Gasteiger partial charge on any atom is -0.478 e. The first-order chi connectivity index (χ1) is 11.9. The fraction of sp³-hybridized carbons (Fsp3) is 0.500. The molecular weight excluding hydrogens is 320 g/mol. The average Bonchev–Trinajstić information content (AvgIpc) is 2.98. The molecule has 0 bridgehead atoms. The smallest absolute Gasteiger partial charge is 0.334 e. The van der Waals surface area contributed by atoms with E-state index < -0.39 is 5.97 Å². The van der Waals surface area contributed by atoms with E-state index in [0.717, 1.165) is 24.0 Å². The van der Waals surface area contributed by atoms with Crippen LogP contribution in [0.15, 0.2) is 46.6 Å². The van der Waals surface area contributed by atoms with Gasteiger partial charge in [-0.25, -0.2) is 9.59 Å². The van der Waals surface area contributed by atoms with Gasteiger partial charge in [0.1, 0.15) is 6.61 Å². The van der Waals surface area contributed by atoms with Crippen LogP contribution >= 0.6 is 0 Å². The van der Waals surface area contributed by atoms with Gasteiger partial charge in [-0.1, -0.05) is 29.4 Å². The Morgan fingerprint density at radius 2 is 1.80 bits per heavy atom. The van der Waals surface area contributed by atoms with E-state index in [2.05, 4.69) is 6.08 Å². The maximum Gasteiger partial charge on any atom is 0.334 e. The molecule has 0 unspecified atom stereocenters. The normalized spacial score (nSPS) is 16.0. The summed E-state index contributed by atoms with van der Waals surface area (Å²) in [5, 5.41) is 18.2. The summed E-state index contributed by atoms with van der Waals surface area (Å²) in [5.41, 5.74) is 3.19. The lowest BCUT2D eigenvalue weighted by atomic mass is 10.0. The molecule has 1 aliphatic heterocycles. The van der Waals surface area contributed by atoms with Crippen molar-refractivity contribution in [1.29, 1.82) is 0 Å². The van der Waals surface area contributed by atoms with E-state index in [9.17, 15) is 14.7 Å². The number of allylic oxidation sites excluding steroid dienone is 4. The molecule has 2 N–H and O–H groups in total. The van der Waals surface area contributed by atoms with Crippen LogP contribution < -0.4 is 0 Å². The van der Waals surface area contributed by atoms with Crippen molar-refractivity contribution >= 4 is 11.9 Å². The van der Waals surface area contributed by atoms with E-state index in [1.54, 1.807) is 6.08 Å². The molecule has 0 atom stereocenters. The second-order valence-electron chi connectivity index (χ2n) is 6.24. The quantitative estimate of drug-likeness (QED) is 0.338. The van der Waals surface area contributed by atoms with E-state index >= 15 is 0 Å². The predicted molar refractivity (Wildman–Crippen MR) is 97.1 cm³/mol. The monoisotopic (exact) mass is 348 g/mol. The molecule has 1 heterocycles. The molecular formula is C20H28O5. The van der Waals surface area contributed by atoms with Crippen molar-refractivity contribution in [1.82, 2.24) is 0 Å². The summed E-state index contributed by atoms with van der Waals surface area (Å²) in [6.45, 7) is 4.22. The van der Waals surface area contributed by atoms with Crippen molar-refractivity contribution in [2.75, 3.05) is 13.2 Å². The molecule has 0 radical (unpaired) electrons. The van der Waals surface area contributed by atoms with Gasteiger partial charge in [0.2, 0.25) is 0 Å². The van der Waals surface area contributed by atoms with Crippen molar-refractivity contribution in [3.05, 3.63) is 46.6 Å². The van der Waals surface area contributed by atoms with Crippen molar-refractivity contribution in [2.24, 2.45) is 0 Å². The largest absolute Gasteiger partial charge is 0.478 e. The molecule has 5 heteroatoms. The fourth-order valence-electron chi connectivity index (χ4n) is 2.48. The highest BCUT2D eigenvalue weighted by atomic mass is 16.5. The molecule has 0 aromatic heterocycles. The van der Waals surface area contributed by atoms with Gasteiger partial charge in [0.25, 0.3) is 0 Å². The number of carboxylic acid groups (broad SMARTS) is 1. The van der Waals surface area contributed by atoms with Crippen molar-refractivity contribution in [2.45, 2.75) is 52.4 Å². The highest BCUT2D eigenvalue weighted by molar-refractivity contribution is 5.90. The van der Waals surface area contributed by atoms with Gasteiger partial charge in [-0.2, -0.15) is 0 Å². The van der Waals surface area contributed by atoms with E-state index in [1.807, 2.05) is 26.0 Å². The van der Waals surface area contributed by atoms with Crippen LogP contribution in [0.5, 0.6) is 0 Å². The second-order valence-corrected chi connectivity index (χ2v) is 6.24. The van der Waals surface area contributed by atoms with Crippen molar-refractivity contribution in [3.63, 3.8) is 0 Å². The molecule has 0 fully saturated rings. The first-order valence-corrected chi connectivity index (χ1v) is 8.64. The Hall–Kier alpha value is -2.14. The number of esters is 1. The van der Waals surface area contributed by atoms with Gasteiger partial charge in [-0.15, -0.1) is 0 Å². The minimum absolute atomic E-state index is 0.00470. The summed E-state index contributed by atoms with van der Waals surface area (Å²) in [5.74, 6) is -1.10. The van der Waals surface area contributed by atoms with E-state index in [4.69, 9.17) is 9.84 Å². The van der Waals surface area contributed by atoms with E-state index in [1.165, 1.54) is 5.57 Å². The van der Waals surface area contributed by atoms with Crippen LogP contribution in [0.4, 0.5) is 0 Å². The molecule has 0 spiro atoms. The number of hydrogen-bond acceptors (Lipinski definition) is 4. The maximum atomic E-state index is 11.3. The lowest BCUT2D eigenvalue weighted by Gasteiger charge is -2.03. The van der Waals surface area contributed by atoms with Gasteiger partial charge >= 0.3 is 11.9 Å². The van der Waals surface area contributed by atoms with Gasteiger partial charge in [0, 0.05) is 11.1 Å². The van der Waals surface area contributed by atoms with Gasteiger partial charge in [-0.3, -0.25) is 0 Å². The highest BCUT2D eigenvalue weighted by Gasteiger charge is 2.15. The molecule has 0 saturated carbocycles. The van der Waals surface area contributed by atoms with Crippen molar-refractivity contribution < 1.29 is 24.5 Å². The summed E-state index contributed by atoms with van der Waals surface area (Å²) in [6, 6.07) is 0. The SMILES string of the molecule is C/C(=C/CC/C(=C/CC/C(C)=C/CCC1=CCOC1=O)C(=O)O)CO. The Kier molecular flexibility index (Phi) is 9.55. The molecule has 1 rings (SSSR count). The zero-order valence-electron chi connectivity index (χ0n) is 15.1. The number of carboxylic acids is 1. The number of carbonyl (C=O) groups excluding carboxylic acids is 1. The Bertz CT molecular complexity index is 593. The Labute approximate surface area is 149 Å². The average molecular weight is 348 g/mol. The summed E-state index contributed by atoms with van der Waals surface area (Å²) in [4.78, 5) is 22.6. The standard InChI is InChI=1S/C20H28O5/c1-15(7-4-11-18-12-13-25-20(18)24)6-3-9-17(19(22)23)10-5-8-16(2)14-21/h7-9,12,21H,3-6,10-11,13-14H2,1-2H3,(H,22,23)/b15-7+,16-8-,17-9-. The third kappa shape index (κ3) is 8.49. The van der Waals surface area contributed by atoms with Crippen LogP contribution in [0.25, 0.3) is 0 Å². The number of ether oxygens (including phenoxy) is 1. The van der Waals surface area contributed by atoms with Crippen LogP contribution in [0, 0.1) is 0 Å². The summed E-state index contributed by atoms with van der Waals surface area (Å²) >= 11 is 0. The third-order valence-electron chi connectivity index (χ3n) is 4.07. The summed E-state index contributed by atoms with van der Waals surface area (Å²) in [6.07, 6.45) is 11.6. The first kappa shape index (κ1) is 20.9. The van der Waals surface area contributed by atoms with Crippen LogP contribution in [0.1, 0.15) is 52.4 Å². The summed E-state index contributed by atoms with van der Waals surface area (Å²) < 4.78 is 4.86. The lowest BCUT2D eigenvalue weighted by molar-refractivity contribution is -0.136. The van der Waals surface area contributed by atoms with Crippen LogP contribution in [-0.4, -0.2) is 35.4 Å². The number of carbonyl (C=O) groups is 2. The van der Waals surface area contributed by atoms with Crippen LogP contribution in [-0.2, 0) is 14.3 Å². The van der Waals surface area contributed by atoms with Gasteiger partial charge in [0.05, 0.1) is 6.61 Å². The molecule has 5 nitrogen and oxygen atoms in total. The number of aliphatic carboxylic acids is 1. The molecule has 0 aromatic carbocycles. The predicted octanol–water partition coefficient (Wildman–Crippen LogP) is 3.71. The first-order valence-electron chi connectivity index (χ1n) is 8.64. The summed E-state index contributed by atoms with van der Waals surface area (Å²) in [7, 11) is 0.